The van der Waals surface area contributed by atoms with E-state index in [4.69, 9.17) is 4.74 Å². The molecule has 0 atom stereocenters. The fourth-order valence-corrected chi connectivity index (χ4v) is 3.30. The quantitative estimate of drug-likeness (QED) is 0.608. The zero-order chi connectivity index (χ0) is 23.1. The molecule has 0 bridgehead atoms. The molecule has 32 heavy (non-hydrogen) atoms. The first-order valence-electron chi connectivity index (χ1n) is 10.3. The Balaban J connectivity index is 1.64. The fraction of sp³-hybridized carbons (Fsp3) is 0.364. The lowest BCUT2D eigenvalue weighted by Crippen LogP contribution is -2.41. The molecule has 1 aliphatic rings. The highest BCUT2D eigenvalue weighted by Gasteiger charge is 2.16. The number of anilines is 3. The molecule has 3 amide bonds. The summed E-state index contributed by atoms with van der Waals surface area (Å²) >= 11 is 0. The van der Waals surface area contributed by atoms with Gasteiger partial charge < -0.3 is 25.6 Å². The van der Waals surface area contributed by atoms with Gasteiger partial charge in [-0.05, 0) is 30.3 Å². The van der Waals surface area contributed by atoms with Gasteiger partial charge in [0.25, 0.3) is 5.91 Å². The summed E-state index contributed by atoms with van der Waals surface area (Å²) in [5, 5.41) is 7.96. The number of amides is 3. The van der Waals surface area contributed by atoms with E-state index < -0.39 is 17.7 Å². The Morgan fingerprint density at radius 1 is 1.00 bits per heavy atom. The molecular formula is C22H27F2N5O3. The van der Waals surface area contributed by atoms with Crippen LogP contribution in [0.1, 0.15) is 10.4 Å². The summed E-state index contributed by atoms with van der Waals surface area (Å²) in [5.74, 6) is -2.32. The van der Waals surface area contributed by atoms with Crippen LogP contribution in [0.25, 0.3) is 0 Å². The summed E-state index contributed by atoms with van der Waals surface area (Å²) in [5.41, 5.74) is 1.59. The van der Waals surface area contributed by atoms with E-state index in [1.807, 2.05) is 19.0 Å². The summed E-state index contributed by atoms with van der Waals surface area (Å²) in [4.78, 5) is 29.1. The molecular weight excluding hydrogens is 420 g/mol. The summed E-state index contributed by atoms with van der Waals surface area (Å²) in [6, 6.07) is 7.37. The third-order valence-electron chi connectivity index (χ3n) is 4.98. The van der Waals surface area contributed by atoms with E-state index in [2.05, 4.69) is 20.9 Å². The van der Waals surface area contributed by atoms with Gasteiger partial charge in [0.05, 0.1) is 18.8 Å². The second kappa shape index (κ2) is 10.9. The molecule has 3 N–H and O–H groups in total. The Morgan fingerprint density at radius 2 is 1.66 bits per heavy atom. The first kappa shape index (κ1) is 23.4. The molecule has 1 fully saturated rings. The zero-order valence-electron chi connectivity index (χ0n) is 18.1. The summed E-state index contributed by atoms with van der Waals surface area (Å²) in [6.07, 6.45) is 0. The maximum atomic E-state index is 13.3. The number of ether oxygens (including phenoxy) is 1. The number of carbonyl (C=O) groups is 2. The van der Waals surface area contributed by atoms with Crippen molar-refractivity contribution in [3.8, 4) is 0 Å². The van der Waals surface area contributed by atoms with E-state index in [9.17, 15) is 18.4 Å². The SMILES string of the molecule is CN(C)c1ccc(NC(=O)Nc2ccc(F)c(F)c2)cc1C(=O)NCCN1CCOCC1. The summed E-state index contributed by atoms with van der Waals surface area (Å²) in [6.45, 7) is 4.27. The van der Waals surface area contributed by atoms with Crippen LogP contribution in [0, 0.1) is 11.6 Å². The molecule has 3 rings (SSSR count). The number of nitrogens with one attached hydrogen (secondary N) is 3. The van der Waals surface area contributed by atoms with Crippen LogP contribution in [0.4, 0.5) is 30.6 Å². The minimum atomic E-state index is -1.06. The van der Waals surface area contributed by atoms with Gasteiger partial charge in [-0.1, -0.05) is 0 Å². The predicted octanol–water partition coefficient (Wildman–Crippen LogP) is 2.74. The molecule has 2 aromatic carbocycles. The van der Waals surface area contributed by atoms with Crippen molar-refractivity contribution < 1.29 is 23.1 Å². The molecule has 0 saturated carbocycles. The van der Waals surface area contributed by atoms with Crippen LogP contribution in [0.2, 0.25) is 0 Å². The number of nitrogens with zero attached hydrogens (tertiary/aromatic N) is 2. The van der Waals surface area contributed by atoms with Crippen molar-refractivity contribution in [1.29, 1.82) is 0 Å². The van der Waals surface area contributed by atoms with Crippen LogP contribution in [-0.4, -0.2) is 70.3 Å². The van der Waals surface area contributed by atoms with Crippen LogP contribution in [0.5, 0.6) is 0 Å². The fourth-order valence-electron chi connectivity index (χ4n) is 3.30. The number of rotatable bonds is 7. The van der Waals surface area contributed by atoms with Crippen molar-refractivity contribution in [2.24, 2.45) is 0 Å². The Labute approximate surface area is 185 Å². The van der Waals surface area contributed by atoms with Crippen molar-refractivity contribution >= 4 is 29.0 Å². The average Bonchev–Trinajstić information content (AvgIpc) is 2.76. The van der Waals surface area contributed by atoms with Crippen LogP contribution in [0.3, 0.4) is 0 Å². The molecule has 1 aliphatic heterocycles. The second-order valence-corrected chi connectivity index (χ2v) is 7.54. The van der Waals surface area contributed by atoms with E-state index in [0.29, 0.717) is 36.7 Å². The molecule has 8 nitrogen and oxygen atoms in total. The first-order valence-corrected chi connectivity index (χ1v) is 10.3. The molecule has 0 aliphatic carbocycles. The number of morpholine rings is 1. The van der Waals surface area contributed by atoms with Gasteiger partial charge in [-0.2, -0.15) is 0 Å². The number of urea groups is 1. The van der Waals surface area contributed by atoms with Crippen molar-refractivity contribution in [3.63, 3.8) is 0 Å². The van der Waals surface area contributed by atoms with E-state index >= 15 is 0 Å². The Hall–Kier alpha value is -3.24. The largest absolute Gasteiger partial charge is 0.379 e. The highest BCUT2D eigenvalue weighted by atomic mass is 19.2. The third kappa shape index (κ3) is 6.38. The maximum absolute atomic E-state index is 13.3. The minimum Gasteiger partial charge on any atom is -0.379 e. The number of carbonyl (C=O) groups excluding carboxylic acids is 2. The van der Waals surface area contributed by atoms with E-state index in [1.54, 1.807) is 18.2 Å². The second-order valence-electron chi connectivity index (χ2n) is 7.54. The lowest BCUT2D eigenvalue weighted by Gasteiger charge is -2.26. The molecule has 0 aromatic heterocycles. The molecule has 0 unspecified atom stereocenters. The number of hydrogen-bond acceptors (Lipinski definition) is 5. The predicted molar refractivity (Wildman–Crippen MR) is 119 cm³/mol. The van der Waals surface area contributed by atoms with Gasteiger partial charge in [0.1, 0.15) is 0 Å². The summed E-state index contributed by atoms with van der Waals surface area (Å²) in [7, 11) is 3.64. The van der Waals surface area contributed by atoms with Crippen molar-refractivity contribution in [2.45, 2.75) is 0 Å². The minimum absolute atomic E-state index is 0.104. The number of hydrogen-bond donors (Lipinski definition) is 3. The molecule has 0 radical (unpaired) electrons. The van der Waals surface area contributed by atoms with Crippen molar-refractivity contribution in [1.82, 2.24) is 10.2 Å². The maximum Gasteiger partial charge on any atom is 0.323 e. The highest BCUT2D eigenvalue weighted by Crippen LogP contribution is 2.23. The Bertz CT molecular complexity index is 965. The molecule has 10 heteroatoms. The van der Waals surface area contributed by atoms with Crippen molar-refractivity contribution in [3.05, 3.63) is 53.6 Å². The van der Waals surface area contributed by atoms with Gasteiger partial charge in [0.15, 0.2) is 11.6 Å². The smallest absolute Gasteiger partial charge is 0.323 e. The summed E-state index contributed by atoms with van der Waals surface area (Å²) < 4.78 is 31.7. The van der Waals surface area contributed by atoms with Gasteiger partial charge in [-0.3, -0.25) is 9.69 Å². The molecule has 1 heterocycles. The van der Waals surface area contributed by atoms with E-state index in [0.717, 1.165) is 31.8 Å². The monoisotopic (exact) mass is 447 g/mol. The lowest BCUT2D eigenvalue weighted by molar-refractivity contribution is 0.0383. The molecule has 2 aromatic rings. The van der Waals surface area contributed by atoms with Gasteiger partial charge >= 0.3 is 6.03 Å². The Morgan fingerprint density at radius 3 is 2.31 bits per heavy atom. The van der Waals surface area contributed by atoms with Crippen LogP contribution < -0.4 is 20.9 Å². The van der Waals surface area contributed by atoms with E-state index in [-0.39, 0.29) is 11.6 Å². The van der Waals surface area contributed by atoms with Crippen LogP contribution in [-0.2, 0) is 4.74 Å². The third-order valence-corrected chi connectivity index (χ3v) is 4.98. The number of benzene rings is 2. The zero-order valence-corrected chi connectivity index (χ0v) is 18.1. The van der Waals surface area contributed by atoms with Gasteiger partial charge in [0, 0.05) is 63.4 Å². The normalized spacial score (nSPS) is 14.0. The lowest BCUT2D eigenvalue weighted by atomic mass is 10.1. The molecule has 1 saturated heterocycles. The average molecular weight is 447 g/mol. The number of halogens is 2. The standard InChI is InChI=1S/C22H27F2N5O3/c1-28(2)20-6-4-15(26-22(31)27-16-3-5-18(23)19(24)14-16)13-17(20)21(30)25-7-8-29-9-11-32-12-10-29/h3-6,13-14H,7-12H2,1-2H3,(H,25,30)(H2,26,27,31). The van der Waals surface area contributed by atoms with Crippen LogP contribution in [0.15, 0.2) is 36.4 Å². The topological polar surface area (TPSA) is 85.9 Å². The highest BCUT2D eigenvalue weighted by molar-refractivity contribution is 6.03. The Kier molecular flexibility index (Phi) is 7.96. The van der Waals surface area contributed by atoms with Crippen LogP contribution >= 0.6 is 0 Å². The molecule has 172 valence electrons. The van der Waals surface area contributed by atoms with Gasteiger partial charge in [-0.25, -0.2) is 13.6 Å². The van der Waals surface area contributed by atoms with E-state index in [1.165, 1.54) is 6.07 Å². The van der Waals surface area contributed by atoms with Gasteiger partial charge in [-0.15, -0.1) is 0 Å². The molecule has 0 spiro atoms. The first-order chi connectivity index (χ1) is 15.3. The van der Waals surface area contributed by atoms with Crippen molar-refractivity contribution in [2.75, 3.05) is 69.0 Å². The van der Waals surface area contributed by atoms with Gasteiger partial charge in [0.2, 0.25) is 0 Å².